The molecule has 1 aromatic carbocycles. The molecular weight excluding hydrogens is 252 g/mol. The van der Waals surface area contributed by atoms with Crippen LogP contribution in [0.4, 0.5) is 4.79 Å². The summed E-state index contributed by atoms with van der Waals surface area (Å²) in [7, 11) is 0. The number of rotatable bonds is 2. The molecule has 19 heavy (non-hydrogen) atoms. The highest BCUT2D eigenvalue weighted by atomic mass is 16.6. The van der Waals surface area contributed by atoms with Crippen LogP contribution >= 0.6 is 0 Å². The van der Waals surface area contributed by atoms with E-state index < -0.39 is 24.0 Å². The highest BCUT2D eigenvalue weighted by Crippen LogP contribution is 2.13. The Bertz CT molecular complexity index is 502. The van der Waals surface area contributed by atoms with Crippen molar-refractivity contribution in [1.29, 1.82) is 0 Å². The molecule has 100 valence electrons. The Kier molecular flexibility index (Phi) is 3.65. The first kappa shape index (κ1) is 12.9. The van der Waals surface area contributed by atoms with Gasteiger partial charge >= 0.3 is 12.1 Å². The Morgan fingerprint density at radius 3 is 2.63 bits per heavy atom. The number of hydrogen-bond donors (Lipinski definition) is 2. The van der Waals surface area contributed by atoms with Gasteiger partial charge in [0.05, 0.1) is 0 Å². The molecule has 7 heteroatoms. The summed E-state index contributed by atoms with van der Waals surface area (Å²) >= 11 is 0. The van der Waals surface area contributed by atoms with Crippen LogP contribution in [0.3, 0.4) is 0 Å². The molecule has 0 saturated carbocycles. The van der Waals surface area contributed by atoms with Gasteiger partial charge in [-0.2, -0.15) is 0 Å². The number of piperazine rings is 1. The van der Waals surface area contributed by atoms with E-state index in [-0.39, 0.29) is 13.1 Å². The number of carboxylic acid groups (broad SMARTS) is 1. The van der Waals surface area contributed by atoms with Gasteiger partial charge in [0.1, 0.15) is 12.3 Å². The molecule has 1 heterocycles. The lowest BCUT2D eigenvalue weighted by molar-refractivity contribution is -0.144. The maximum atomic E-state index is 11.9. The molecule has 2 amide bonds. The number of ether oxygens (including phenoxy) is 1. The molecule has 1 unspecified atom stereocenters. The Labute approximate surface area is 108 Å². The van der Waals surface area contributed by atoms with Crippen molar-refractivity contribution in [2.75, 3.05) is 13.1 Å². The van der Waals surface area contributed by atoms with E-state index in [1.54, 1.807) is 30.3 Å². The number of para-hydroxylation sites is 1. The van der Waals surface area contributed by atoms with E-state index in [4.69, 9.17) is 9.84 Å². The molecule has 1 saturated heterocycles. The van der Waals surface area contributed by atoms with Crippen LogP contribution in [0.5, 0.6) is 5.75 Å². The summed E-state index contributed by atoms with van der Waals surface area (Å²) in [5, 5.41) is 11.4. The second-order valence-corrected chi connectivity index (χ2v) is 3.97. The maximum Gasteiger partial charge on any atom is 0.416 e. The Morgan fingerprint density at radius 2 is 2.00 bits per heavy atom. The van der Waals surface area contributed by atoms with Gasteiger partial charge in [0.25, 0.3) is 0 Å². The van der Waals surface area contributed by atoms with Gasteiger partial charge in [-0.25, -0.2) is 9.59 Å². The first-order valence-electron chi connectivity index (χ1n) is 5.61. The minimum atomic E-state index is -1.19. The average Bonchev–Trinajstić information content (AvgIpc) is 2.39. The van der Waals surface area contributed by atoms with Gasteiger partial charge < -0.3 is 15.2 Å². The Balaban J connectivity index is 2.11. The molecule has 0 aromatic heterocycles. The number of nitrogens with zero attached hydrogens (tertiary/aromatic N) is 1. The summed E-state index contributed by atoms with van der Waals surface area (Å²) in [4.78, 5) is 35.1. The predicted octanol–water partition coefficient (Wildman–Crippen LogP) is 0.0704. The molecular formula is C12H12N2O5. The lowest BCUT2D eigenvalue weighted by atomic mass is 10.2. The lowest BCUT2D eigenvalue weighted by Gasteiger charge is -2.31. The summed E-state index contributed by atoms with van der Waals surface area (Å²) in [5.74, 6) is -1.31. The van der Waals surface area contributed by atoms with E-state index in [1.807, 2.05) is 0 Å². The highest BCUT2D eigenvalue weighted by Gasteiger charge is 2.36. The summed E-state index contributed by atoms with van der Waals surface area (Å²) in [6.45, 7) is -0.458. The van der Waals surface area contributed by atoms with Gasteiger partial charge in [0.15, 0.2) is 6.04 Å². The third-order valence-electron chi connectivity index (χ3n) is 2.65. The van der Waals surface area contributed by atoms with Crippen LogP contribution in [0.2, 0.25) is 0 Å². The third kappa shape index (κ3) is 3.01. The van der Waals surface area contributed by atoms with Crippen molar-refractivity contribution in [2.45, 2.75) is 6.04 Å². The molecule has 0 radical (unpaired) electrons. The molecule has 2 rings (SSSR count). The monoisotopic (exact) mass is 264 g/mol. The van der Waals surface area contributed by atoms with E-state index >= 15 is 0 Å². The topological polar surface area (TPSA) is 95.9 Å². The van der Waals surface area contributed by atoms with E-state index in [2.05, 4.69) is 5.32 Å². The molecule has 1 fully saturated rings. The largest absolute Gasteiger partial charge is 0.480 e. The second kappa shape index (κ2) is 5.38. The van der Waals surface area contributed by atoms with Crippen molar-refractivity contribution in [2.24, 2.45) is 0 Å². The van der Waals surface area contributed by atoms with E-state index in [0.29, 0.717) is 5.75 Å². The molecule has 1 aromatic rings. The van der Waals surface area contributed by atoms with Crippen molar-refractivity contribution in [3.05, 3.63) is 30.3 Å². The van der Waals surface area contributed by atoms with E-state index in [0.717, 1.165) is 4.90 Å². The van der Waals surface area contributed by atoms with Crippen LogP contribution in [0.25, 0.3) is 0 Å². The fourth-order valence-corrected chi connectivity index (χ4v) is 1.70. The zero-order valence-corrected chi connectivity index (χ0v) is 9.91. The van der Waals surface area contributed by atoms with Gasteiger partial charge in [0.2, 0.25) is 5.91 Å². The molecule has 2 N–H and O–H groups in total. The van der Waals surface area contributed by atoms with Crippen molar-refractivity contribution in [3.8, 4) is 5.75 Å². The molecule has 1 aliphatic rings. The van der Waals surface area contributed by atoms with Gasteiger partial charge in [-0.1, -0.05) is 18.2 Å². The van der Waals surface area contributed by atoms with Crippen molar-refractivity contribution >= 4 is 18.0 Å². The van der Waals surface area contributed by atoms with Crippen LogP contribution in [0.1, 0.15) is 0 Å². The zero-order chi connectivity index (χ0) is 13.8. The molecule has 0 spiro atoms. The third-order valence-corrected chi connectivity index (χ3v) is 2.65. The predicted molar refractivity (Wildman–Crippen MR) is 63.6 cm³/mol. The molecule has 1 aliphatic heterocycles. The van der Waals surface area contributed by atoms with Crippen LogP contribution in [0.15, 0.2) is 30.3 Å². The number of hydrogen-bond acceptors (Lipinski definition) is 4. The maximum absolute atomic E-state index is 11.9. The molecule has 0 aliphatic carbocycles. The molecule has 7 nitrogen and oxygen atoms in total. The standard InChI is InChI=1S/C12H12N2O5/c15-10-7-14(9(6-13-10)11(16)17)12(18)19-8-4-2-1-3-5-8/h1-5,9H,6-7H2,(H,13,15)(H,16,17). The molecule has 0 bridgehead atoms. The summed E-state index contributed by atoms with van der Waals surface area (Å²) < 4.78 is 5.03. The van der Waals surface area contributed by atoms with Crippen LogP contribution in [0, 0.1) is 0 Å². The number of carbonyl (C=O) groups is 3. The normalized spacial score (nSPS) is 18.6. The number of aliphatic carboxylic acids is 1. The number of nitrogens with one attached hydrogen (secondary N) is 1. The van der Waals surface area contributed by atoms with Crippen molar-refractivity contribution < 1.29 is 24.2 Å². The van der Waals surface area contributed by atoms with Gasteiger partial charge in [0, 0.05) is 6.54 Å². The Morgan fingerprint density at radius 1 is 1.32 bits per heavy atom. The molecule has 1 atom stereocenters. The van der Waals surface area contributed by atoms with Gasteiger partial charge in [-0.3, -0.25) is 9.69 Å². The van der Waals surface area contributed by atoms with Crippen LogP contribution < -0.4 is 10.1 Å². The van der Waals surface area contributed by atoms with Gasteiger partial charge in [-0.05, 0) is 12.1 Å². The fraction of sp³-hybridized carbons (Fsp3) is 0.250. The SMILES string of the molecule is O=C1CN(C(=O)Oc2ccccc2)C(C(=O)O)CN1. The number of benzene rings is 1. The summed E-state index contributed by atoms with van der Waals surface area (Å²) in [6.07, 6.45) is -0.853. The first-order valence-corrected chi connectivity index (χ1v) is 5.61. The van der Waals surface area contributed by atoms with Crippen molar-refractivity contribution in [3.63, 3.8) is 0 Å². The average molecular weight is 264 g/mol. The summed E-state index contributed by atoms with van der Waals surface area (Å²) in [5.41, 5.74) is 0. The number of amides is 2. The van der Waals surface area contributed by atoms with Crippen molar-refractivity contribution in [1.82, 2.24) is 10.2 Å². The second-order valence-electron chi connectivity index (χ2n) is 3.97. The first-order chi connectivity index (χ1) is 9.08. The number of carbonyl (C=O) groups excluding carboxylic acids is 2. The van der Waals surface area contributed by atoms with Crippen LogP contribution in [-0.2, 0) is 9.59 Å². The zero-order valence-electron chi connectivity index (χ0n) is 9.91. The minimum absolute atomic E-state index is 0.127. The quantitative estimate of drug-likeness (QED) is 0.788. The van der Waals surface area contributed by atoms with Gasteiger partial charge in [-0.15, -0.1) is 0 Å². The van der Waals surface area contributed by atoms with E-state index in [1.165, 1.54) is 0 Å². The lowest BCUT2D eigenvalue weighted by Crippen LogP contribution is -2.59. The number of carboxylic acids is 1. The smallest absolute Gasteiger partial charge is 0.416 e. The Hall–Kier alpha value is -2.57. The van der Waals surface area contributed by atoms with E-state index in [9.17, 15) is 14.4 Å². The minimum Gasteiger partial charge on any atom is -0.480 e. The summed E-state index contributed by atoms with van der Waals surface area (Å²) in [6, 6.07) is 7.13. The van der Waals surface area contributed by atoms with Crippen LogP contribution in [-0.4, -0.2) is 47.1 Å². The highest BCUT2D eigenvalue weighted by molar-refractivity contribution is 5.89. The fourth-order valence-electron chi connectivity index (χ4n) is 1.70.